The van der Waals surface area contributed by atoms with Crippen LogP contribution >= 0.6 is 0 Å². The molecule has 9 heterocycles. The molecule has 9 aromatic heterocycles. The third-order valence-electron chi connectivity index (χ3n) is 26.2. The Hall–Kier alpha value is -18.4. The summed E-state index contributed by atoms with van der Waals surface area (Å²) in [6, 6.07) is 175. The van der Waals surface area contributed by atoms with Gasteiger partial charge in [0.1, 0.15) is 17.5 Å². The first-order valence-electron chi connectivity index (χ1n) is 45.7. The van der Waals surface area contributed by atoms with Crippen molar-refractivity contribution in [3.8, 4) is 34.5 Å². The standard InChI is InChI=1S/3C41H28N4/c1-3-13-29(14-4-1)43(31-22-24-39-35(27-31)33-17-7-9-19-37(33)44(39)30-15-5-2-6-16-30)32-23-25-40-36(28-32)34-18-8-10-20-38(34)45(40)41-21-11-12-26-42-41;1-3-13-29(14-4-1)43(30-15-5-2-6-16-30)31-22-24-39-35(27-31)33-17-7-9-19-37(33)44(39)32-23-25-40-36(28-32)34-18-8-10-20-38(34)45(40)41-21-11-12-26-42-41;1-2-12-29(13-3-1)43(30-21-23-31(24-22-30)44-37-17-7-4-14-33(37)34-15-5-8-18-38(34)44)32-25-26-40-36(28-32)35-16-6-9-19-39(35)45(40)41-20-10-11-27-42-41/h3*1-28H. The number of rotatable bonds is 15. The van der Waals surface area contributed by atoms with Gasteiger partial charge in [-0.1, -0.05) is 237 Å². The number of hydrogen-bond donors (Lipinski definition) is 0. The van der Waals surface area contributed by atoms with Crippen LogP contribution in [0.3, 0.4) is 0 Å². The molecule has 12 nitrogen and oxygen atoms in total. The third-order valence-corrected chi connectivity index (χ3v) is 26.2. The largest absolute Gasteiger partial charge is 0.310 e. The highest BCUT2D eigenvalue weighted by atomic mass is 15.2. The SMILES string of the molecule is c1ccc(N(c2ccc(-n3c4ccccc4c4ccccc43)cc2)c2ccc3c(c2)c2ccccc2n3-c2ccccn2)cc1.c1ccc(N(c2ccc3c(c2)c2ccccc2n3-c2ccccc2)c2ccc3c(c2)c2ccccc2n3-c2ccccn2)cc1.c1ccc(N(c2ccccc2)c2ccc3c(c2)c2ccccc2n3-c2ccc3c(c2)c2ccccc2n3-c2ccccn2)cc1. The Kier molecular flexibility index (Phi) is 19.6. The lowest BCUT2D eigenvalue weighted by molar-refractivity contribution is 1.08. The molecule has 18 aromatic carbocycles. The van der Waals surface area contributed by atoms with Gasteiger partial charge >= 0.3 is 0 Å². The second-order valence-corrected chi connectivity index (χ2v) is 33.9. The van der Waals surface area contributed by atoms with E-state index in [2.05, 4.69) is 497 Å². The Balaban J connectivity index is 0.000000108. The van der Waals surface area contributed by atoms with Crippen LogP contribution in [0.5, 0.6) is 0 Å². The number of fused-ring (bicyclic) bond motifs is 18. The van der Waals surface area contributed by atoms with Crippen LogP contribution < -0.4 is 14.7 Å². The molecule has 0 aliphatic heterocycles. The number of aromatic nitrogens is 9. The lowest BCUT2D eigenvalue weighted by Gasteiger charge is -2.26. The van der Waals surface area contributed by atoms with Crippen LogP contribution in [0.15, 0.2) is 510 Å². The molecule has 0 bridgehead atoms. The van der Waals surface area contributed by atoms with Crippen molar-refractivity contribution in [2.75, 3.05) is 14.7 Å². The van der Waals surface area contributed by atoms with Crippen molar-refractivity contribution >= 4 is 182 Å². The summed E-state index contributed by atoms with van der Waals surface area (Å²) in [4.78, 5) is 21.1. The van der Waals surface area contributed by atoms with E-state index in [4.69, 9.17) is 15.0 Å². The quantitative estimate of drug-likeness (QED) is 0.102. The molecular formula is C123H84N12. The van der Waals surface area contributed by atoms with Gasteiger partial charge in [-0.2, -0.15) is 0 Å². The third kappa shape index (κ3) is 13.7. The van der Waals surface area contributed by atoms with Gasteiger partial charge in [0.25, 0.3) is 0 Å². The summed E-state index contributed by atoms with van der Waals surface area (Å²) in [7, 11) is 0. The van der Waals surface area contributed by atoms with Crippen molar-refractivity contribution in [1.82, 2.24) is 42.4 Å². The maximum absolute atomic E-state index is 4.70. The van der Waals surface area contributed by atoms with Crippen LogP contribution in [0.4, 0.5) is 51.2 Å². The highest BCUT2D eigenvalue weighted by Crippen LogP contribution is 2.47. The summed E-state index contributed by atoms with van der Waals surface area (Å²) in [5.74, 6) is 2.75. The first-order chi connectivity index (χ1) is 67.0. The average molecular weight is 1730 g/mol. The van der Waals surface area contributed by atoms with Crippen molar-refractivity contribution in [3.63, 3.8) is 0 Å². The molecule has 636 valence electrons. The number of hydrogen-bond acceptors (Lipinski definition) is 6. The number of para-hydroxylation sites is 12. The van der Waals surface area contributed by atoms with Gasteiger partial charge in [0.15, 0.2) is 0 Å². The molecular weight excluding hydrogens is 1650 g/mol. The highest BCUT2D eigenvalue weighted by Gasteiger charge is 2.26. The van der Waals surface area contributed by atoms with E-state index >= 15 is 0 Å². The molecule has 0 aliphatic rings. The smallest absolute Gasteiger partial charge is 0.137 e. The van der Waals surface area contributed by atoms with Crippen molar-refractivity contribution in [2.45, 2.75) is 0 Å². The Morgan fingerprint density at radius 1 is 0.126 bits per heavy atom. The number of nitrogens with zero attached hydrogens (tertiary/aromatic N) is 12. The van der Waals surface area contributed by atoms with E-state index in [1.54, 1.807) is 0 Å². The Bertz CT molecular complexity index is 8860. The summed E-state index contributed by atoms with van der Waals surface area (Å²) >= 11 is 0. The summed E-state index contributed by atoms with van der Waals surface area (Å²) in [5, 5.41) is 14.6. The van der Waals surface area contributed by atoms with E-state index in [-0.39, 0.29) is 0 Å². The number of anilines is 9. The van der Waals surface area contributed by atoms with Crippen molar-refractivity contribution in [2.24, 2.45) is 0 Å². The van der Waals surface area contributed by atoms with Crippen molar-refractivity contribution in [1.29, 1.82) is 0 Å². The molecule has 0 N–H and O–H groups in total. The summed E-state index contributed by atoms with van der Waals surface area (Å²) < 4.78 is 13.9. The monoisotopic (exact) mass is 1730 g/mol. The van der Waals surface area contributed by atoms with E-state index in [1.807, 2.05) is 55.0 Å². The zero-order valence-electron chi connectivity index (χ0n) is 73.4. The van der Waals surface area contributed by atoms with Crippen LogP contribution in [0.2, 0.25) is 0 Å². The lowest BCUT2D eigenvalue weighted by atomic mass is 10.1. The molecule has 0 aliphatic carbocycles. The second-order valence-electron chi connectivity index (χ2n) is 33.9. The van der Waals surface area contributed by atoms with Crippen LogP contribution in [-0.2, 0) is 0 Å². The van der Waals surface area contributed by atoms with Gasteiger partial charge in [0, 0.05) is 151 Å². The van der Waals surface area contributed by atoms with Gasteiger partial charge in [-0.25, -0.2) is 15.0 Å². The van der Waals surface area contributed by atoms with Gasteiger partial charge in [0.2, 0.25) is 0 Å². The fourth-order valence-corrected chi connectivity index (χ4v) is 20.4. The van der Waals surface area contributed by atoms with E-state index < -0.39 is 0 Å². The van der Waals surface area contributed by atoms with Crippen LogP contribution in [-0.4, -0.2) is 42.4 Å². The minimum atomic E-state index is 0.914. The molecule has 12 heteroatoms. The average Bonchev–Trinajstić information content (AvgIpc) is 1.55. The first kappa shape index (κ1) is 78.8. The van der Waals surface area contributed by atoms with Gasteiger partial charge in [-0.15, -0.1) is 0 Å². The molecule has 0 spiro atoms. The normalized spacial score (nSPS) is 11.6. The summed E-state index contributed by atoms with van der Waals surface area (Å²) in [6.45, 7) is 0. The van der Waals surface area contributed by atoms with Gasteiger partial charge in [0.05, 0.1) is 66.2 Å². The van der Waals surface area contributed by atoms with E-state index in [1.165, 1.54) is 97.7 Å². The maximum Gasteiger partial charge on any atom is 0.137 e. The molecule has 0 fully saturated rings. The molecule has 0 amide bonds. The van der Waals surface area contributed by atoms with Crippen LogP contribution in [0.25, 0.3) is 165 Å². The predicted octanol–water partition coefficient (Wildman–Crippen LogP) is 32.2. The van der Waals surface area contributed by atoms with Gasteiger partial charge in [-0.05, 0) is 255 Å². The number of benzene rings is 18. The van der Waals surface area contributed by atoms with Gasteiger partial charge < -0.3 is 28.4 Å². The first-order valence-corrected chi connectivity index (χ1v) is 45.7. The van der Waals surface area contributed by atoms with Crippen molar-refractivity contribution < 1.29 is 0 Å². The molecule has 0 saturated heterocycles. The Labute approximate surface area is 778 Å². The second kappa shape index (κ2) is 33.6. The summed E-state index contributed by atoms with van der Waals surface area (Å²) in [6.07, 6.45) is 5.56. The maximum atomic E-state index is 4.70. The molecule has 135 heavy (non-hydrogen) atoms. The Morgan fingerprint density at radius 2 is 0.319 bits per heavy atom. The van der Waals surface area contributed by atoms with Gasteiger partial charge in [-0.3, -0.25) is 13.7 Å². The molecule has 0 saturated carbocycles. The van der Waals surface area contributed by atoms with Crippen molar-refractivity contribution in [3.05, 3.63) is 510 Å². The lowest BCUT2D eigenvalue weighted by Crippen LogP contribution is -2.10. The highest BCUT2D eigenvalue weighted by molar-refractivity contribution is 6.17. The molecule has 0 radical (unpaired) electrons. The summed E-state index contributed by atoms with van der Waals surface area (Å²) in [5.41, 5.74) is 27.4. The molecule has 0 atom stereocenters. The zero-order valence-corrected chi connectivity index (χ0v) is 73.4. The van der Waals surface area contributed by atoms with E-state index in [9.17, 15) is 0 Å². The Morgan fingerprint density at radius 3 is 0.615 bits per heavy atom. The molecule has 0 unspecified atom stereocenters. The molecule has 27 aromatic rings. The fraction of sp³-hybridized carbons (Fsp3) is 0. The minimum Gasteiger partial charge on any atom is -0.310 e. The fourth-order valence-electron chi connectivity index (χ4n) is 20.4. The zero-order chi connectivity index (χ0) is 89.2. The van der Waals surface area contributed by atoms with Crippen LogP contribution in [0.1, 0.15) is 0 Å². The topological polar surface area (TPSA) is 78.0 Å². The van der Waals surface area contributed by atoms with E-state index in [0.29, 0.717) is 0 Å². The predicted molar refractivity (Wildman–Crippen MR) is 563 cm³/mol. The van der Waals surface area contributed by atoms with E-state index in [0.717, 1.165) is 119 Å². The number of pyridine rings is 3. The molecule has 27 rings (SSSR count). The minimum absolute atomic E-state index is 0.914. The van der Waals surface area contributed by atoms with Crippen LogP contribution in [0, 0.1) is 0 Å².